The van der Waals surface area contributed by atoms with Crippen molar-refractivity contribution in [3.05, 3.63) is 64.4 Å². The lowest BCUT2D eigenvalue weighted by atomic mass is 9.87. The Balaban J connectivity index is 1.48. The highest BCUT2D eigenvalue weighted by Crippen LogP contribution is 2.23. The van der Waals surface area contributed by atoms with Crippen LogP contribution >= 0.6 is 0 Å². The van der Waals surface area contributed by atoms with Crippen LogP contribution in [0.3, 0.4) is 0 Å². The largest absolute Gasteiger partial charge is 0.456 e. The second-order valence-electron chi connectivity index (χ2n) is 7.92. The van der Waals surface area contributed by atoms with E-state index >= 15 is 0 Å². The number of aromatic nitrogens is 3. The summed E-state index contributed by atoms with van der Waals surface area (Å²) in [7, 11) is 0. The van der Waals surface area contributed by atoms with Crippen LogP contribution in [0.15, 0.2) is 53.3 Å². The van der Waals surface area contributed by atoms with E-state index in [-0.39, 0.29) is 23.9 Å². The summed E-state index contributed by atoms with van der Waals surface area (Å²) in [5.74, 6) is -1.04. The third-order valence-electron chi connectivity index (χ3n) is 4.56. The standard InChI is InChI=1S/C22H24N4O4/c1-22(2,3)15-8-10-16(11-9-15)23-19(27)14-30-20(28)12-13-26-21(29)17-6-4-5-7-18(17)24-25-26/h4-11H,12-14H2,1-3H3,(H,23,27). The molecule has 1 aromatic heterocycles. The van der Waals surface area contributed by atoms with Crippen molar-refractivity contribution in [1.29, 1.82) is 0 Å². The van der Waals surface area contributed by atoms with Crippen molar-refractivity contribution >= 4 is 28.5 Å². The molecule has 2 aromatic carbocycles. The zero-order valence-electron chi connectivity index (χ0n) is 17.2. The van der Waals surface area contributed by atoms with Crippen LogP contribution in [-0.4, -0.2) is 33.5 Å². The predicted octanol–water partition coefficient (Wildman–Crippen LogP) is 2.66. The quantitative estimate of drug-likeness (QED) is 0.629. The summed E-state index contributed by atoms with van der Waals surface area (Å²) in [4.78, 5) is 36.3. The van der Waals surface area contributed by atoms with E-state index in [1.54, 1.807) is 24.3 Å². The molecule has 0 saturated carbocycles. The number of hydrogen-bond acceptors (Lipinski definition) is 6. The molecule has 0 bridgehead atoms. The van der Waals surface area contributed by atoms with E-state index in [0.29, 0.717) is 16.6 Å². The summed E-state index contributed by atoms with van der Waals surface area (Å²) < 4.78 is 6.10. The van der Waals surface area contributed by atoms with Gasteiger partial charge in [-0.15, -0.1) is 5.10 Å². The highest BCUT2D eigenvalue weighted by Gasteiger charge is 2.14. The Morgan fingerprint density at radius 2 is 1.77 bits per heavy atom. The zero-order chi connectivity index (χ0) is 21.7. The lowest BCUT2D eigenvalue weighted by molar-refractivity contribution is -0.147. The molecule has 0 saturated heterocycles. The molecule has 0 unspecified atom stereocenters. The first-order valence-corrected chi connectivity index (χ1v) is 9.62. The molecule has 3 rings (SSSR count). The smallest absolute Gasteiger partial charge is 0.308 e. The summed E-state index contributed by atoms with van der Waals surface area (Å²) in [6.45, 7) is 5.94. The second-order valence-corrected chi connectivity index (χ2v) is 7.92. The molecule has 8 nitrogen and oxygen atoms in total. The molecule has 3 aromatic rings. The Labute approximate surface area is 173 Å². The van der Waals surface area contributed by atoms with Gasteiger partial charge in [0.1, 0.15) is 5.52 Å². The third kappa shape index (κ3) is 5.28. The van der Waals surface area contributed by atoms with Crippen LogP contribution in [0.4, 0.5) is 5.69 Å². The maximum atomic E-state index is 12.3. The van der Waals surface area contributed by atoms with Gasteiger partial charge in [-0.05, 0) is 35.2 Å². The van der Waals surface area contributed by atoms with Crippen LogP contribution in [0.2, 0.25) is 0 Å². The van der Waals surface area contributed by atoms with Crippen molar-refractivity contribution in [3.63, 3.8) is 0 Å². The second kappa shape index (κ2) is 8.86. The van der Waals surface area contributed by atoms with Crippen molar-refractivity contribution in [2.75, 3.05) is 11.9 Å². The van der Waals surface area contributed by atoms with Crippen LogP contribution in [0.1, 0.15) is 32.8 Å². The van der Waals surface area contributed by atoms with Crippen LogP contribution in [0.5, 0.6) is 0 Å². The van der Waals surface area contributed by atoms with E-state index in [2.05, 4.69) is 36.4 Å². The van der Waals surface area contributed by atoms with E-state index in [4.69, 9.17) is 4.74 Å². The van der Waals surface area contributed by atoms with Gasteiger partial charge >= 0.3 is 5.97 Å². The fraction of sp³-hybridized carbons (Fsp3) is 0.318. The summed E-state index contributed by atoms with van der Waals surface area (Å²) in [5.41, 5.74) is 1.97. The predicted molar refractivity (Wildman–Crippen MR) is 113 cm³/mol. The SMILES string of the molecule is CC(C)(C)c1ccc(NC(=O)COC(=O)CCn2nnc3ccccc3c2=O)cc1. The summed E-state index contributed by atoms with van der Waals surface area (Å²) in [6, 6.07) is 14.4. The lowest BCUT2D eigenvalue weighted by Crippen LogP contribution is -2.26. The number of amides is 1. The van der Waals surface area contributed by atoms with E-state index in [1.807, 2.05) is 24.3 Å². The third-order valence-corrected chi connectivity index (χ3v) is 4.56. The first kappa shape index (κ1) is 21.2. The average Bonchev–Trinajstić information content (AvgIpc) is 2.72. The summed E-state index contributed by atoms with van der Waals surface area (Å²) in [5, 5.41) is 10.9. The van der Waals surface area contributed by atoms with Gasteiger partial charge < -0.3 is 10.1 Å². The lowest BCUT2D eigenvalue weighted by Gasteiger charge is -2.19. The van der Waals surface area contributed by atoms with E-state index < -0.39 is 18.5 Å². The molecule has 0 fully saturated rings. The molecule has 156 valence electrons. The van der Waals surface area contributed by atoms with Gasteiger partial charge in [-0.1, -0.05) is 50.3 Å². The molecule has 0 aliphatic rings. The van der Waals surface area contributed by atoms with Gasteiger partial charge in [0.05, 0.1) is 18.4 Å². The Kier molecular flexibility index (Phi) is 6.25. The minimum absolute atomic E-state index is 0.0192. The minimum atomic E-state index is -0.602. The van der Waals surface area contributed by atoms with E-state index in [0.717, 1.165) is 10.2 Å². The van der Waals surface area contributed by atoms with Crippen LogP contribution in [0, 0.1) is 0 Å². The molecule has 8 heteroatoms. The maximum absolute atomic E-state index is 12.3. The number of fused-ring (bicyclic) bond motifs is 1. The van der Waals surface area contributed by atoms with Gasteiger partial charge in [-0.25, -0.2) is 4.68 Å². The number of nitrogens with zero attached hydrogens (tertiary/aromatic N) is 3. The fourth-order valence-electron chi connectivity index (χ4n) is 2.84. The monoisotopic (exact) mass is 408 g/mol. The first-order valence-electron chi connectivity index (χ1n) is 9.62. The fourth-order valence-corrected chi connectivity index (χ4v) is 2.84. The molecule has 1 N–H and O–H groups in total. The van der Waals surface area contributed by atoms with Crippen molar-refractivity contribution in [3.8, 4) is 0 Å². The molecule has 0 aliphatic heterocycles. The van der Waals surface area contributed by atoms with E-state index in [9.17, 15) is 14.4 Å². The highest BCUT2D eigenvalue weighted by molar-refractivity contribution is 5.92. The van der Waals surface area contributed by atoms with Crippen LogP contribution in [-0.2, 0) is 26.3 Å². The molecule has 0 radical (unpaired) electrons. The number of esters is 1. The van der Waals surface area contributed by atoms with Gasteiger partial charge in [0.25, 0.3) is 11.5 Å². The Morgan fingerprint density at radius 1 is 1.07 bits per heavy atom. The molecule has 0 spiro atoms. The van der Waals surface area contributed by atoms with Crippen molar-refractivity contribution < 1.29 is 14.3 Å². The number of carbonyl (C=O) groups is 2. The van der Waals surface area contributed by atoms with Crippen LogP contribution < -0.4 is 10.9 Å². The number of nitrogens with one attached hydrogen (secondary N) is 1. The number of hydrogen-bond donors (Lipinski definition) is 1. The van der Waals surface area contributed by atoms with Gasteiger partial charge in [-0.2, -0.15) is 0 Å². The maximum Gasteiger partial charge on any atom is 0.308 e. The zero-order valence-corrected chi connectivity index (χ0v) is 17.2. The topological polar surface area (TPSA) is 103 Å². The Hall–Kier alpha value is -3.55. The molecule has 0 atom stereocenters. The molecular weight excluding hydrogens is 384 g/mol. The first-order chi connectivity index (χ1) is 14.2. The van der Waals surface area contributed by atoms with Gasteiger partial charge in [0, 0.05) is 5.69 Å². The Bertz CT molecular complexity index is 1110. The molecule has 1 heterocycles. The summed E-state index contributed by atoms with van der Waals surface area (Å²) >= 11 is 0. The van der Waals surface area contributed by atoms with Crippen LogP contribution in [0.25, 0.3) is 10.9 Å². The van der Waals surface area contributed by atoms with Gasteiger partial charge in [0.2, 0.25) is 0 Å². The average molecular weight is 408 g/mol. The highest BCUT2D eigenvalue weighted by atomic mass is 16.5. The number of anilines is 1. The number of aryl methyl sites for hydroxylation is 1. The molecule has 0 aliphatic carbocycles. The number of benzene rings is 2. The Morgan fingerprint density at radius 3 is 2.47 bits per heavy atom. The van der Waals surface area contributed by atoms with Crippen molar-refractivity contribution in [2.45, 2.75) is 39.2 Å². The van der Waals surface area contributed by atoms with Crippen molar-refractivity contribution in [2.24, 2.45) is 0 Å². The minimum Gasteiger partial charge on any atom is -0.456 e. The summed E-state index contributed by atoms with van der Waals surface area (Å²) in [6.07, 6.45) is -0.0967. The van der Waals surface area contributed by atoms with Gasteiger partial charge in [-0.3, -0.25) is 14.4 Å². The molecular formula is C22H24N4O4. The number of ether oxygens (including phenoxy) is 1. The number of rotatable bonds is 6. The van der Waals surface area contributed by atoms with Gasteiger partial charge in [0.15, 0.2) is 6.61 Å². The molecule has 1 amide bonds. The normalized spacial score (nSPS) is 11.3. The van der Waals surface area contributed by atoms with E-state index in [1.165, 1.54) is 0 Å². The van der Waals surface area contributed by atoms with Crippen molar-refractivity contribution in [1.82, 2.24) is 15.0 Å². The molecule has 30 heavy (non-hydrogen) atoms. The number of carbonyl (C=O) groups excluding carboxylic acids is 2.